The molecule has 2 heterocycles. The van der Waals surface area contributed by atoms with Gasteiger partial charge in [-0.2, -0.15) is 9.40 Å². The standard InChI is InChI=1S/C17H19ClN4O4S/c1-27(25,26)21-10-8-20(9-11-21)17(24)12-22-16(23)7-6-15(19-22)13-2-4-14(18)5-3-13/h2-7H,8-12H2,1H3. The van der Waals surface area contributed by atoms with Crippen LogP contribution in [0, 0.1) is 0 Å². The van der Waals surface area contributed by atoms with Crippen molar-refractivity contribution in [2.75, 3.05) is 32.4 Å². The van der Waals surface area contributed by atoms with E-state index in [4.69, 9.17) is 11.6 Å². The smallest absolute Gasteiger partial charge is 0.267 e. The molecule has 0 radical (unpaired) electrons. The van der Waals surface area contributed by atoms with Crippen LogP contribution in [0.2, 0.25) is 5.02 Å². The Bertz CT molecular complexity index is 996. The van der Waals surface area contributed by atoms with Gasteiger partial charge in [-0.3, -0.25) is 9.59 Å². The van der Waals surface area contributed by atoms with Gasteiger partial charge in [-0.05, 0) is 18.2 Å². The van der Waals surface area contributed by atoms with Gasteiger partial charge in [0.15, 0.2) is 0 Å². The third kappa shape index (κ3) is 4.74. The molecule has 1 fully saturated rings. The molecule has 8 nitrogen and oxygen atoms in total. The first kappa shape index (κ1) is 19.5. The number of hydrogen-bond donors (Lipinski definition) is 0. The van der Waals surface area contributed by atoms with Gasteiger partial charge < -0.3 is 4.90 Å². The normalized spacial score (nSPS) is 15.7. The van der Waals surface area contributed by atoms with Crippen molar-refractivity contribution in [1.29, 1.82) is 0 Å². The van der Waals surface area contributed by atoms with Crippen LogP contribution in [0.25, 0.3) is 11.3 Å². The van der Waals surface area contributed by atoms with Crippen molar-refractivity contribution in [2.45, 2.75) is 6.54 Å². The summed E-state index contributed by atoms with van der Waals surface area (Å²) in [5.74, 6) is -0.272. The zero-order chi connectivity index (χ0) is 19.6. The van der Waals surface area contributed by atoms with Gasteiger partial charge in [-0.1, -0.05) is 23.7 Å². The number of piperazine rings is 1. The Morgan fingerprint density at radius 1 is 1.07 bits per heavy atom. The van der Waals surface area contributed by atoms with Gasteiger partial charge >= 0.3 is 0 Å². The number of nitrogens with zero attached hydrogens (tertiary/aromatic N) is 4. The van der Waals surface area contributed by atoms with Gasteiger partial charge in [-0.15, -0.1) is 0 Å². The highest BCUT2D eigenvalue weighted by Gasteiger charge is 2.26. The van der Waals surface area contributed by atoms with Crippen molar-refractivity contribution in [3.05, 3.63) is 51.8 Å². The third-order valence-corrected chi connectivity index (χ3v) is 5.91. The molecule has 3 rings (SSSR count). The fourth-order valence-corrected chi connectivity index (χ4v) is 3.79. The van der Waals surface area contributed by atoms with Crippen molar-refractivity contribution in [2.24, 2.45) is 0 Å². The van der Waals surface area contributed by atoms with E-state index in [1.165, 1.54) is 10.4 Å². The maximum atomic E-state index is 12.5. The molecule has 1 aliphatic heterocycles. The number of benzene rings is 1. The molecule has 0 atom stereocenters. The summed E-state index contributed by atoms with van der Waals surface area (Å²) < 4.78 is 25.6. The first-order valence-electron chi connectivity index (χ1n) is 8.31. The molecule has 144 valence electrons. The quantitative estimate of drug-likeness (QED) is 0.738. The van der Waals surface area contributed by atoms with E-state index in [0.29, 0.717) is 10.7 Å². The Kier molecular flexibility index (Phi) is 5.64. The van der Waals surface area contributed by atoms with Crippen LogP contribution in [0.15, 0.2) is 41.2 Å². The molecule has 0 unspecified atom stereocenters. The summed E-state index contributed by atoms with van der Waals surface area (Å²) in [6.45, 7) is 0.879. The molecular formula is C17H19ClN4O4S. The van der Waals surface area contributed by atoms with Crippen LogP contribution in [0.4, 0.5) is 0 Å². The largest absolute Gasteiger partial charge is 0.338 e. The predicted molar refractivity (Wildman–Crippen MR) is 102 cm³/mol. The van der Waals surface area contributed by atoms with Crippen molar-refractivity contribution < 1.29 is 13.2 Å². The summed E-state index contributed by atoms with van der Waals surface area (Å²) >= 11 is 5.88. The average molecular weight is 411 g/mol. The summed E-state index contributed by atoms with van der Waals surface area (Å²) in [5, 5.41) is 4.86. The first-order chi connectivity index (χ1) is 12.7. The Hall–Kier alpha value is -2.23. The number of hydrogen-bond acceptors (Lipinski definition) is 5. The summed E-state index contributed by atoms with van der Waals surface area (Å²) in [5.41, 5.74) is 0.958. The van der Waals surface area contributed by atoms with E-state index in [-0.39, 0.29) is 44.2 Å². The Labute approximate surface area is 162 Å². The van der Waals surface area contributed by atoms with Crippen LogP contribution in [0.5, 0.6) is 0 Å². The zero-order valence-electron chi connectivity index (χ0n) is 14.7. The van der Waals surface area contributed by atoms with E-state index in [1.807, 2.05) is 0 Å². The van der Waals surface area contributed by atoms with Crippen LogP contribution in [0.3, 0.4) is 0 Å². The lowest BCUT2D eigenvalue weighted by Gasteiger charge is -2.33. The summed E-state index contributed by atoms with van der Waals surface area (Å²) in [6, 6.07) is 9.97. The number of aromatic nitrogens is 2. The number of rotatable bonds is 4. The summed E-state index contributed by atoms with van der Waals surface area (Å²) in [7, 11) is -3.26. The molecule has 2 aromatic rings. The van der Waals surface area contributed by atoms with Gasteiger partial charge in [0.2, 0.25) is 15.9 Å². The van der Waals surface area contributed by atoms with Gasteiger partial charge in [0, 0.05) is 42.8 Å². The molecule has 1 aliphatic rings. The molecule has 1 saturated heterocycles. The SMILES string of the molecule is CS(=O)(=O)N1CCN(C(=O)Cn2nc(-c3ccc(Cl)cc3)ccc2=O)CC1. The molecule has 0 bridgehead atoms. The number of carbonyl (C=O) groups is 1. The zero-order valence-corrected chi connectivity index (χ0v) is 16.3. The lowest BCUT2D eigenvalue weighted by Crippen LogP contribution is -2.51. The van der Waals surface area contributed by atoms with Gasteiger partial charge in [0.1, 0.15) is 6.54 Å². The van der Waals surface area contributed by atoms with Gasteiger partial charge in [0.25, 0.3) is 5.56 Å². The minimum atomic E-state index is -3.26. The highest BCUT2D eigenvalue weighted by Crippen LogP contribution is 2.18. The Balaban J connectivity index is 1.72. The number of amides is 1. The highest BCUT2D eigenvalue weighted by molar-refractivity contribution is 7.88. The minimum Gasteiger partial charge on any atom is -0.338 e. The minimum absolute atomic E-state index is 0.195. The molecule has 0 aliphatic carbocycles. The Morgan fingerprint density at radius 3 is 2.30 bits per heavy atom. The molecule has 0 saturated carbocycles. The second-order valence-corrected chi connectivity index (χ2v) is 8.68. The molecule has 0 spiro atoms. The van der Waals surface area contributed by atoms with Gasteiger partial charge in [-0.25, -0.2) is 13.1 Å². The molecule has 1 amide bonds. The molecule has 27 heavy (non-hydrogen) atoms. The molecule has 1 aromatic heterocycles. The lowest BCUT2D eigenvalue weighted by atomic mass is 10.1. The Morgan fingerprint density at radius 2 is 1.70 bits per heavy atom. The summed E-state index contributed by atoms with van der Waals surface area (Å²) in [4.78, 5) is 26.1. The van der Waals surface area contributed by atoms with E-state index in [0.717, 1.165) is 16.5 Å². The third-order valence-electron chi connectivity index (χ3n) is 4.35. The maximum Gasteiger partial charge on any atom is 0.267 e. The van der Waals surface area contributed by atoms with E-state index < -0.39 is 10.0 Å². The first-order valence-corrected chi connectivity index (χ1v) is 10.5. The molecular weight excluding hydrogens is 392 g/mol. The van der Waals surface area contributed by atoms with Crippen LogP contribution in [-0.2, 0) is 21.4 Å². The second-order valence-electron chi connectivity index (χ2n) is 6.26. The van der Waals surface area contributed by atoms with E-state index >= 15 is 0 Å². The number of sulfonamides is 1. The fraction of sp³-hybridized carbons (Fsp3) is 0.353. The average Bonchev–Trinajstić information content (AvgIpc) is 2.63. The van der Waals surface area contributed by atoms with Gasteiger partial charge in [0.05, 0.1) is 11.9 Å². The number of halogens is 1. The van der Waals surface area contributed by atoms with Crippen LogP contribution in [0.1, 0.15) is 0 Å². The lowest BCUT2D eigenvalue weighted by molar-refractivity contribution is -0.133. The highest BCUT2D eigenvalue weighted by atomic mass is 35.5. The summed E-state index contributed by atoms with van der Waals surface area (Å²) in [6.07, 6.45) is 1.15. The monoisotopic (exact) mass is 410 g/mol. The fourth-order valence-electron chi connectivity index (χ4n) is 2.83. The maximum absolute atomic E-state index is 12.5. The van der Waals surface area contributed by atoms with E-state index in [1.54, 1.807) is 35.2 Å². The van der Waals surface area contributed by atoms with Crippen LogP contribution in [-0.4, -0.2) is 65.7 Å². The van der Waals surface area contributed by atoms with Crippen LogP contribution < -0.4 is 5.56 Å². The van der Waals surface area contributed by atoms with Crippen LogP contribution >= 0.6 is 11.6 Å². The molecule has 1 aromatic carbocycles. The van der Waals surface area contributed by atoms with E-state index in [9.17, 15) is 18.0 Å². The van der Waals surface area contributed by atoms with Crippen molar-refractivity contribution in [1.82, 2.24) is 19.0 Å². The second kappa shape index (κ2) is 7.79. The van der Waals surface area contributed by atoms with Crippen molar-refractivity contribution in [3.63, 3.8) is 0 Å². The predicted octanol–water partition coefficient (Wildman–Crippen LogP) is 0.668. The number of carbonyl (C=O) groups excluding carboxylic acids is 1. The molecule has 10 heteroatoms. The van der Waals surface area contributed by atoms with E-state index in [2.05, 4.69) is 5.10 Å². The molecule has 0 N–H and O–H groups in total. The van der Waals surface area contributed by atoms with Crippen molar-refractivity contribution >= 4 is 27.5 Å². The van der Waals surface area contributed by atoms with Crippen molar-refractivity contribution in [3.8, 4) is 11.3 Å². The topological polar surface area (TPSA) is 92.6 Å².